The lowest BCUT2D eigenvalue weighted by molar-refractivity contribution is 0.101. The van der Waals surface area contributed by atoms with Gasteiger partial charge in [0.25, 0.3) is 0 Å². The van der Waals surface area contributed by atoms with Gasteiger partial charge >= 0.3 is 0 Å². The average molecular weight is 255 g/mol. The zero-order valence-corrected chi connectivity index (χ0v) is 10.9. The van der Waals surface area contributed by atoms with E-state index in [4.69, 9.17) is 16.3 Å². The predicted molar refractivity (Wildman–Crippen MR) is 69.7 cm³/mol. The Bertz CT molecular complexity index is 378. The standard InChI is InChI=1S/C14H19ClO2/c1-17-14-6-5-12(15)9-11(14)7-10-3-2-4-13(16)8-10/h5-6,9-10,13,16H,2-4,7-8H2,1H3. The molecule has 0 radical (unpaired) electrons. The summed E-state index contributed by atoms with van der Waals surface area (Å²) in [7, 11) is 1.68. The van der Waals surface area contributed by atoms with Crippen molar-refractivity contribution in [3.8, 4) is 5.75 Å². The second-order valence-corrected chi connectivity index (χ2v) is 5.28. The molecule has 1 saturated carbocycles. The van der Waals surface area contributed by atoms with Crippen LogP contribution in [0.3, 0.4) is 0 Å². The fraction of sp³-hybridized carbons (Fsp3) is 0.571. The van der Waals surface area contributed by atoms with Crippen LogP contribution >= 0.6 is 11.6 Å². The fourth-order valence-electron chi connectivity index (χ4n) is 2.67. The molecular formula is C14H19ClO2. The van der Waals surface area contributed by atoms with Gasteiger partial charge < -0.3 is 9.84 Å². The zero-order chi connectivity index (χ0) is 12.3. The van der Waals surface area contributed by atoms with Gasteiger partial charge in [0.15, 0.2) is 0 Å². The van der Waals surface area contributed by atoms with Crippen LogP contribution in [-0.4, -0.2) is 18.3 Å². The largest absolute Gasteiger partial charge is 0.496 e. The molecule has 0 aromatic heterocycles. The molecule has 1 fully saturated rings. The van der Waals surface area contributed by atoms with E-state index < -0.39 is 0 Å². The maximum atomic E-state index is 9.68. The molecular weight excluding hydrogens is 236 g/mol. The first-order valence-electron chi connectivity index (χ1n) is 6.19. The lowest BCUT2D eigenvalue weighted by atomic mass is 9.83. The summed E-state index contributed by atoms with van der Waals surface area (Å²) >= 11 is 6.02. The van der Waals surface area contributed by atoms with E-state index in [1.54, 1.807) is 7.11 Å². The molecule has 2 rings (SSSR count). The van der Waals surface area contributed by atoms with Crippen molar-refractivity contribution in [2.24, 2.45) is 5.92 Å². The lowest BCUT2D eigenvalue weighted by Gasteiger charge is -2.26. The third-order valence-electron chi connectivity index (χ3n) is 3.51. The van der Waals surface area contributed by atoms with Crippen molar-refractivity contribution in [1.29, 1.82) is 0 Å². The van der Waals surface area contributed by atoms with Gasteiger partial charge in [-0.2, -0.15) is 0 Å². The van der Waals surface area contributed by atoms with Crippen LogP contribution in [0.5, 0.6) is 5.75 Å². The van der Waals surface area contributed by atoms with Gasteiger partial charge in [-0.15, -0.1) is 0 Å². The van der Waals surface area contributed by atoms with E-state index in [0.29, 0.717) is 5.92 Å². The SMILES string of the molecule is COc1ccc(Cl)cc1CC1CCCC(O)C1. The zero-order valence-electron chi connectivity index (χ0n) is 10.2. The van der Waals surface area contributed by atoms with Gasteiger partial charge in [0.2, 0.25) is 0 Å². The Labute approximate surface area is 108 Å². The summed E-state index contributed by atoms with van der Waals surface area (Å²) < 4.78 is 5.35. The molecule has 1 aliphatic carbocycles. The minimum Gasteiger partial charge on any atom is -0.496 e. The summed E-state index contributed by atoms with van der Waals surface area (Å²) in [5.74, 6) is 1.44. The Hall–Kier alpha value is -0.730. The molecule has 1 N–H and O–H groups in total. The summed E-state index contributed by atoms with van der Waals surface area (Å²) in [6.07, 6.45) is 4.97. The van der Waals surface area contributed by atoms with E-state index in [9.17, 15) is 5.11 Å². The van der Waals surface area contributed by atoms with Crippen molar-refractivity contribution in [2.45, 2.75) is 38.2 Å². The summed E-state index contributed by atoms with van der Waals surface area (Å²) in [4.78, 5) is 0. The second kappa shape index (κ2) is 5.74. The lowest BCUT2D eigenvalue weighted by Crippen LogP contribution is -2.21. The number of hydrogen-bond acceptors (Lipinski definition) is 2. The van der Waals surface area contributed by atoms with Crippen molar-refractivity contribution in [2.75, 3.05) is 7.11 Å². The molecule has 2 atom stereocenters. The Balaban J connectivity index is 2.08. The third kappa shape index (κ3) is 3.36. The number of benzene rings is 1. The maximum absolute atomic E-state index is 9.68. The molecule has 2 unspecified atom stereocenters. The van der Waals surface area contributed by atoms with Gasteiger partial charge in [0.1, 0.15) is 5.75 Å². The quantitative estimate of drug-likeness (QED) is 0.895. The Morgan fingerprint density at radius 1 is 1.41 bits per heavy atom. The highest BCUT2D eigenvalue weighted by Crippen LogP contribution is 2.31. The van der Waals surface area contributed by atoms with Crippen LogP contribution in [0.2, 0.25) is 5.02 Å². The Morgan fingerprint density at radius 3 is 2.94 bits per heavy atom. The van der Waals surface area contributed by atoms with Gasteiger partial charge in [-0.3, -0.25) is 0 Å². The number of ether oxygens (including phenoxy) is 1. The number of rotatable bonds is 3. The summed E-state index contributed by atoms with van der Waals surface area (Å²) in [6.45, 7) is 0. The summed E-state index contributed by atoms with van der Waals surface area (Å²) in [6, 6.07) is 5.73. The summed E-state index contributed by atoms with van der Waals surface area (Å²) in [5.41, 5.74) is 1.15. The number of hydrogen-bond donors (Lipinski definition) is 1. The summed E-state index contributed by atoms with van der Waals surface area (Å²) in [5, 5.41) is 10.4. The number of methoxy groups -OCH3 is 1. The Kier molecular flexibility index (Phi) is 4.30. The predicted octanol–water partition coefficient (Wildman–Crippen LogP) is 3.44. The van der Waals surface area contributed by atoms with Crippen molar-refractivity contribution in [3.05, 3.63) is 28.8 Å². The minimum atomic E-state index is -0.126. The smallest absolute Gasteiger partial charge is 0.122 e. The molecule has 2 nitrogen and oxygen atoms in total. The molecule has 17 heavy (non-hydrogen) atoms. The molecule has 0 saturated heterocycles. The molecule has 1 aromatic rings. The van der Waals surface area contributed by atoms with E-state index in [1.165, 1.54) is 6.42 Å². The number of aliphatic hydroxyl groups excluding tert-OH is 1. The maximum Gasteiger partial charge on any atom is 0.122 e. The van der Waals surface area contributed by atoms with E-state index >= 15 is 0 Å². The third-order valence-corrected chi connectivity index (χ3v) is 3.74. The van der Waals surface area contributed by atoms with Crippen LogP contribution in [0.1, 0.15) is 31.2 Å². The van der Waals surface area contributed by atoms with Crippen LogP contribution < -0.4 is 4.74 Å². The Morgan fingerprint density at radius 2 is 2.24 bits per heavy atom. The molecule has 0 heterocycles. The van der Waals surface area contributed by atoms with Gasteiger partial charge in [-0.05, 0) is 55.4 Å². The molecule has 1 aromatic carbocycles. The number of aliphatic hydroxyl groups is 1. The van der Waals surface area contributed by atoms with Gasteiger partial charge in [0, 0.05) is 5.02 Å². The van der Waals surface area contributed by atoms with Gasteiger partial charge in [-0.1, -0.05) is 18.0 Å². The van der Waals surface area contributed by atoms with E-state index in [1.807, 2.05) is 18.2 Å². The van der Waals surface area contributed by atoms with Crippen LogP contribution in [0.4, 0.5) is 0 Å². The van der Waals surface area contributed by atoms with Gasteiger partial charge in [0.05, 0.1) is 13.2 Å². The van der Waals surface area contributed by atoms with Crippen molar-refractivity contribution >= 4 is 11.6 Å². The highest BCUT2D eigenvalue weighted by Gasteiger charge is 2.21. The average Bonchev–Trinajstić information content (AvgIpc) is 2.29. The first-order chi connectivity index (χ1) is 8.19. The number of halogens is 1. The highest BCUT2D eigenvalue weighted by molar-refractivity contribution is 6.30. The second-order valence-electron chi connectivity index (χ2n) is 4.85. The molecule has 0 bridgehead atoms. The monoisotopic (exact) mass is 254 g/mol. The van der Waals surface area contributed by atoms with Crippen molar-refractivity contribution in [3.63, 3.8) is 0 Å². The molecule has 94 valence electrons. The highest BCUT2D eigenvalue weighted by atomic mass is 35.5. The molecule has 0 spiro atoms. The first kappa shape index (κ1) is 12.7. The topological polar surface area (TPSA) is 29.5 Å². The van der Waals surface area contributed by atoms with Crippen LogP contribution in [0.25, 0.3) is 0 Å². The van der Waals surface area contributed by atoms with Gasteiger partial charge in [-0.25, -0.2) is 0 Å². The molecule has 0 amide bonds. The van der Waals surface area contributed by atoms with E-state index in [0.717, 1.165) is 42.0 Å². The van der Waals surface area contributed by atoms with Crippen molar-refractivity contribution < 1.29 is 9.84 Å². The van der Waals surface area contributed by atoms with E-state index in [2.05, 4.69) is 0 Å². The molecule has 3 heteroatoms. The van der Waals surface area contributed by atoms with Crippen LogP contribution in [-0.2, 0) is 6.42 Å². The first-order valence-corrected chi connectivity index (χ1v) is 6.57. The normalized spacial score (nSPS) is 24.6. The molecule has 0 aliphatic heterocycles. The fourth-order valence-corrected chi connectivity index (χ4v) is 2.86. The minimum absolute atomic E-state index is 0.126. The van der Waals surface area contributed by atoms with Crippen LogP contribution in [0, 0.1) is 5.92 Å². The van der Waals surface area contributed by atoms with Crippen LogP contribution in [0.15, 0.2) is 18.2 Å². The van der Waals surface area contributed by atoms with E-state index in [-0.39, 0.29) is 6.10 Å². The molecule has 1 aliphatic rings. The van der Waals surface area contributed by atoms with Crippen molar-refractivity contribution in [1.82, 2.24) is 0 Å².